The fourth-order valence-electron chi connectivity index (χ4n) is 3.93. The van der Waals surface area contributed by atoms with Crippen LogP contribution in [0.25, 0.3) is 10.2 Å². The zero-order valence-electron chi connectivity index (χ0n) is 17.1. The lowest BCUT2D eigenvalue weighted by atomic mass is 9.72. The van der Waals surface area contributed by atoms with E-state index in [1.807, 2.05) is 0 Å². The van der Waals surface area contributed by atoms with E-state index in [1.165, 1.54) is 40.4 Å². The summed E-state index contributed by atoms with van der Waals surface area (Å²) in [5.74, 6) is 1.45. The Morgan fingerprint density at radius 2 is 2.13 bits per heavy atom. The van der Waals surface area contributed by atoms with Crippen molar-refractivity contribution in [2.24, 2.45) is 11.3 Å². The Labute approximate surface area is 182 Å². The number of anilines is 1. The van der Waals surface area contributed by atoms with E-state index in [0.717, 1.165) is 29.5 Å². The van der Waals surface area contributed by atoms with Crippen molar-refractivity contribution in [2.75, 3.05) is 5.73 Å². The molecule has 1 aliphatic carbocycles. The van der Waals surface area contributed by atoms with Crippen LogP contribution in [0, 0.1) is 21.4 Å². The summed E-state index contributed by atoms with van der Waals surface area (Å²) in [5, 5.41) is 22.5. The number of nitro benzene ring substituents is 1. The number of phenolic OH excluding ortho intramolecular Hbond substituents is 1. The number of aryl methyl sites for hydroxylation is 1. The molecule has 4 rings (SSSR count). The molecule has 1 unspecified atom stereocenters. The van der Waals surface area contributed by atoms with Crippen molar-refractivity contribution in [1.82, 2.24) is 9.97 Å². The second kappa shape index (κ2) is 7.70. The molecule has 1 atom stereocenters. The van der Waals surface area contributed by atoms with Gasteiger partial charge in [0.1, 0.15) is 16.4 Å². The molecule has 158 valence electrons. The number of thiophene rings is 1. The number of fused-ring (bicyclic) bond motifs is 3. The zero-order valence-corrected chi connectivity index (χ0v) is 18.8. The number of aromatic nitrogens is 2. The van der Waals surface area contributed by atoms with Gasteiger partial charge >= 0.3 is 0 Å². The number of phenols is 1. The first-order valence-electron chi connectivity index (χ1n) is 9.80. The topological polar surface area (TPSA) is 115 Å². The van der Waals surface area contributed by atoms with Crippen LogP contribution in [0.15, 0.2) is 23.4 Å². The Balaban J connectivity index is 1.60. The first-order chi connectivity index (χ1) is 14.1. The highest BCUT2D eigenvalue weighted by molar-refractivity contribution is 7.98. The van der Waals surface area contributed by atoms with Gasteiger partial charge in [-0.15, -0.1) is 11.3 Å². The number of thioether (sulfide) groups is 1. The third-order valence-electron chi connectivity index (χ3n) is 5.77. The molecule has 2 aromatic heterocycles. The van der Waals surface area contributed by atoms with E-state index in [1.54, 1.807) is 11.3 Å². The van der Waals surface area contributed by atoms with E-state index in [2.05, 4.69) is 25.8 Å². The summed E-state index contributed by atoms with van der Waals surface area (Å²) >= 11 is 3.01. The SMILES string of the molecule is CC(C)(C)C1CCc2c(sc3nc(SCc4cc([N+](=O)[O-])ccc4O)nc(N)c23)C1. The van der Waals surface area contributed by atoms with Crippen molar-refractivity contribution in [1.29, 1.82) is 0 Å². The van der Waals surface area contributed by atoms with E-state index in [4.69, 9.17) is 10.7 Å². The van der Waals surface area contributed by atoms with Crippen LogP contribution < -0.4 is 5.73 Å². The molecular formula is C21H24N4O3S2. The fraction of sp³-hybridized carbons (Fsp3) is 0.429. The number of rotatable bonds is 4. The lowest BCUT2D eigenvalue weighted by molar-refractivity contribution is -0.384. The molecule has 0 saturated carbocycles. The fourth-order valence-corrected chi connectivity index (χ4v) is 6.13. The molecule has 1 aromatic carbocycles. The van der Waals surface area contributed by atoms with Crippen molar-refractivity contribution < 1.29 is 10.0 Å². The Kier molecular flexibility index (Phi) is 5.36. The number of nitrogen functional groups attached to an aromatic ring is 1. The minimum atomic E-state index is -0.477. The molecule has 0 radical (unpaired) electrons. The minimum absolute atomic E-state index is 0.0157. The number of benzene rings is 1. The standard InChI is InChI=1S/C21H24N4O3S2/c1-21(2,3)12-4-6-14-16(9-12)30-19-17(14)18(22)23-20(24-19)29-10-11-8-13(25(27)28)5-7-15(11)26/h5,7-8,12,26H,4,6,9-10H2,1-3H3,(H2,22,23,24). The van der Waals surface area contributed by atoms with Crippen molar-refractivity contribution in [3.05, 3.63) is 44.3 Å². The van der Waals surface area contributed by atoms with Crippen molar-refractivity contribution in [2.45, 2.75) is 50.9 Å². The molecule has 0 saturated heterocycles. The van der Waals surface area contributed by atoms with Crippen LogP contribution in [0.1, 0.15) is 43.2 Å². The van der Waals surface area contributed by atoms with E-state index in [9.17, 15) is 15.2 Å². The highest BCUT2D eigenvalue weighted by Crippen LogP contribution is 2.44. The van der Waals surface area contributed by atoms with Crippen LogP contribution in [-0.2, 0) is 18.6 Å². The van der Waals surface area contributed by atoms with Gasteiger partial charge in [0.25, 0.3) is 5.69 Å². The predicted octanol–water partition coefficient (Wildman–Crippen LogP) is 5.33. The maximum absolute atomic E-state index is 11.0. The summed E-state index contributed by atoms with van der Waals surface area (Å²) in [5.41, 5.74) is 8.29. The third kappa shape index (κ3) is 3.96. The molecule has 0 amide bonds. The van der Waals surface area contributed by atoms with Crippen LogP contribution in [-0.4, -0.2) is 20.0 Å². The van der Waals surface area contributed by atoms with E-state index in [-0.39, 0.29) is 16.9 Å². The number of aromatic hydroxyl groups is 1. The van der Waals surface area contributed by atoms with Crippen molar-refractivity contribution in [3.8, 4) is 5.75 Å². The van der Waals surface area contributed by atoms with E-state index in [0.29, 0.717) is 28.2 Å². The quantitative estimate of drug-likeness (QED) is 0.242. The molecule has 30 heavy (non-hydrogen) atoms. The molecule has 0 aliphatic heterocycles. The minimum Gasteiger partial charge on any atom is -0.508 e. The molecule has 0 bridgehead atoms. The number of nitro groups is 1. The number of hydrogen-bond acceptors (Lipinski definition) is 8. The molecular weight excluding hydrogens is 420 g/mol. The molecule has 2 heterocycles. The lowest BCUT2D eigenvalue weighted by Crippen LogP contribution is -2.26. The summed E-state index contributed by atoms with van der Waals surface area (Å²) in [6.07, 6.45) is 3.19. The van der Waals surface area contributed by atoms with Gasteiger partial charge < -0.3 is 10.8 Å². The second-order valence-corrected chi connectivity index (χ2v) is 10.8. The van der Waals surface area contributed by atoms with E-state index < -0.39 is 4.92 Å². The average molecular weight is 445 g/mol. The van der Waals surface area contributed by atoms with Crippen molar-refractivity contribution >= 4 is 44.8 Å². The Hall–Kier alpha value is -2.39. The normalized spacial score (nSPS) is 16.6. The van der Waals surface area contributed by atoms with Crippen molar-refractivity contribution in [3.63, 3.8) is 0 Å². The highest BCUT2D eigenvalue weighted by Gasteiger charge is 2.31. The maximum Gasteiger partial charge on any atom is 0.270 e. The monoisotopic (exact) mass is 444 g/mol. The Bertz CT molecular complexity index is 1140. The van der Waals surface area contributed by atoms with Gasteiger partial charge in [-0.2, -0.15) is 0 Å². The average Bonchev–Trinajstić information content (AvgIpc) is 3.04. The van der Waals surface area contributed by atoms with Crippen LogP contribution >= 0.6 is 23.1 Å². The predicted molar refractivity (Wildman–Crippen MR) is 121 cm³/mol. The lowest BCUT2D eigenvalue weighted by Gasteiger charge is -2.33. The number of nitrogens with two attached hydrogens (primary N) is 1. The van der Waals surface area contributed by atoms with Gasteiger partial charge in [0, 0.05) is 28.3 Å². The summed E-state index contributed by atoms with van der Waals surface area (Å²) < 4.78 is 0. The molecule has 3 aromatic rings. The largest absolute Gasteiger partial charge is 0.508 e. The van der Waals surface area contributed by atoms with Gasteiger partial charge in [-0.3, -0.25) is 10.1 Å². The van der Waals surface area contributed by atoms with Gasteiger partial charge in [0.2, 0.25) is 0 Å². The molecule has 7 nitrogen and oxygen atoms in total. The van der Waals surface area contributed by atoms with Gasteiger partial charge in [-0.05, 0) is 42.2 Å². The van der Waals surface area contributed by atoms with E-state index >= 15 is 0 Å². The van der Waals surface area contributed by atoms with Gasteiger partial charge in [-0.25, -0.2) is 9.97 Å². The summed E-state index contributed by atoms with van der Waals surface area (Å²) in [6.45, 7) is 6.88. The number of hydrogen-bond donors (Lipinski definition) is 2. The maximum atomic E-state index is 11.0. The van der Waals surface area contributed by atoms with Crippen LogP contribution in [0.2, 0.25) is 0 Å². The van der Waals surface area contributed by atoms with Crippen LogP contribution in [0.4, 0.5) is 11.5 Å². The summed E-state index contributed by atoms with van der Waals surface area (Å²) in [6, 6.07) is 4.00. The third-order valence-corrected chi connectivity index (χ3v) is 7.82. The molecule has 3 N–H and O–H groups in total. The first-order valence-corrected chi connectivity index (χ1v) is 11.6. The molecule has 0 spiro atoms. The molecule has 0 fully saturated rings. The van der Waals surface area contributed by atoms with Gasteiger partial charge in [0.15, 0.2) is 5.16 Å². The Morgan fingerprint density at radius 3 is 2.83 bits per heavy atom. The van der Waals surface area contributed by atoms with Gasteiger partial charge in [-0.1, -0.05) is 32.5 Å². The second-order valence-electron chi connectivity index (χ2n) is 8.74. The Morgan fingerprint density at radius 1 is 1.37 bits per heavy atom. The first kappa shape index (κ1) is 20.9. The van der Waals surface area contributed by atoms with Crippen LogP contribution in [0.3, 0.4) is 0 Å². The van der Waals surface area contributed by atoms with Gasteiger partial charge in [0.05, 0.1) is 10.3 Å². The summed E-state index contributed by atoms with van der Waals surface area (Å²) in [7, 11) is 0. The number of nitrogens with zero attached hydrogens (tertiary/aromatic N) is 3. The van der Waals surface area contributed by atoms with Crippen LogP contribution in [0.5, 0.6) is 5.75 Å². The smallest absolute Gasteiger partial charge is 0.270 e. The molecule has 9 heteroatoms. The molecule has 1 aliphatic rings. The summed E-state index contributed by atoms with van der Waals surface area (Å²) in [4.78, 5) is 21.9. The number of non-ortho nitro benzene ring substituents is 1. The highest BCUT2D eigenvalue weighted by atomic mass is 32.2. The zero-order chi connectivity index (χ0) is 21.6.